The van der Waals surface area contributed by atoms with Gasteiger partial charge in [0.15, 0.2) is 0 Å². The smallest absolute Gasteiger partial charge is 0.271 e. The van der Waals surface area contributed by atoms with Crippen LogP contribution in [0.25, 0.3) is 0 Å². The molecule has 0 bridgehead atoms. The van der Waals surface area contributed by atoms with Crippen molar-refractivity contribution < 1.29 is 14.6 Å². The standard InChI is InChI=1S/C16H16N2O3/c1-2-21-15-9-5-13(6-10-15)16(20)18-17-11-12-3-7-14(19)8-4-12/h3-11,19H,2H2,1H3,(H,18,20)/b17-11-. The molecule has 2 N–H and O–H groups in total. The average Bonchev–Trinajstić information content (AvgIpc) is 2.50. The molecule has 5 nitrogen and oxygen atoms in total. The summed E-state index contributed by atoms with van der Waals surface area (Å²) < 4.78 is 5.31. The number of hydrazone groups is 1. The molecule has 0 atom stereocenters. The monoisotopic (exact) mass is 284 g/mol. The zero-order chi connectivity index (χ0) is 15.1. The fraction of sp³-hybridized carbons (Fsp3) is 0.125. The van der Waals surface area contributed by atoms with Crippen molar-refractivity contribution in [3.05, 3.63) is 59.7 Å². The van der Waals surface area contributed by atoms with Gasteiger partial charge in [0, 0.05) is 5.56 Å². The Labute approximate surface area is 122 Å². The van der Waals surface area contributed by atoms with Crippen molar-refractivity contribution in [2.45, 2.75) is 6.92 Å². The molecule has 2 aromatic rings. The van der Waals surface area contributed by atoms with E-state index in [9.17, 15) is 4.79 Å². The summed E-state index contributed by atoms with van der Waals surface area (Å²) in [6.45, 7) is 2.49. The number of phenolic OH excluding ortho intramolecular Hbond substituents is 1. The lowest BCUT2D eigenvalue weighted by Gasteiger charge is -2.04. The molecule has 0 aliphatic carbocycles. The van der Waals surface area contributed by atoms with E-state index < -0.39 is 0 Å². The first-order valence-corrected chi connectivity index (χ1v) is 6.54. The number of nitrogens with one attached hydrogen (secondary N) is 1. The lowest BCUT2D eigenvalue weighted by atomic mass is 10.2. The van der Waals surface area contributed by atoms with Gasteiger partial charge in [0.2, 0.25) is 0 Å². The van der Waals surface area contributed by atoms with Gasteiger partial charge in [0.05, 0.1) is 12.8 Å². The van der Waals surface area contributed by atoms with Crippen LogP contribution in [-0.2, 0) is 0 Å². The molecule has 2 aromatic carbocycles. The van der Waals surface area contributed by atoms with E-state index in [-0.39, 0.29) is 11.7 Å². The maximum atomic E-state index is 11.9. The van der Waals surface area contributed by atoms with Crippen molar-refractivity contribution in [2.75, 3.05) is 6.61 Å². The summed E-state index contributed by atoms with van der Waals surface area (Å²) in [5, 5.41) is 13.0. The van der Waals surface area contributed by atoms with Gasteiger partial charge < -0.3 is 9.84 Å². The number of nitrogens with zero attached hydrogens (tertiary/aromatic N) is 1. The van der Waals surface area contributed by atoms with Crippen LogP contribution >= 0.6 is 0 Å². The summed E-state index contributed by atoms with van der Waals surface area (Å²) >= 11 is 0. The van der Waals surface area contributed by atoms with E-state index in [0.717, 1.165) is 11.3 Å². The predicted molar refractivity (Wildman–Crippen MR) is 80.8 cm³/mol. The number of phenols is 1. The lowest BCUT2D eigenvalue weighted by Crippen LogP contribution is -2.17. The van der Waals surface area contributed by atoms with Gasteiger partial charge in [-0.3, -0.25) is 4.79 Å². The third-order valence-electron chi connectivity index (χ3n) is 2.70. The van der Waals surface area contributed by atoms with Gasteiger partial charge in [-0.05, 0) is 61.0 Å². The van der Waals surface area contributed by atoms with Crippen LogP contribution in [0.3, 0.4) is 0 Å². The molecule has 21 heavy (non-hydrogen) atoms. The van der Waals surface area contributed by atoms with Crippen molar-refractivity contribution in [2.24, 2.45) is 5.10 Å². The molecule has 0 spiro atoms. The van der Waals surface area contributed by atoms with Crippen molar-refractivity contribution in [1.82, 2.24) is 5.43 Å². The second-order valence-electron chi connectivity index (χ2n) is 4.25. The maximum Gasteiger partial charge on any atom is 0.271 e. The molecule has 0 unspecified atom stereocenters. The number of carbonyl (C=O) groups excluding carboxylic acids is 1. The molecule has 2 rings (SSSR count). The highest BCUT2D eigenvalue weighted by atomic mass is 16.5. The minimum absolute atomic E-state index is 0.186. The second kappa shape index (κ2) is 7.09. The van der Waals surface area contributed by atoms with Crippen LogP contribution in [-0.4, -0.2) is 23.8 Å². The predicted octanol–water partition coefficient (Wildman–Crippen LogP) is 2.55. The second-order valence-corrected chi connectivity index (χ2v) is 4.25. The number of aromatic hydroxyl groups is 1. The zero-order valence-corrected chi connectivity index (χ0v) is 11.6. The Morgan fingerprint density at radius 2 is 1.86 bits per heavy atom. The van der Waals surface area contributed by atoms with E-state index >= 15 is 0 Å². The highest BCUT2D eigenvalue weighted by molar-refractivity contribution is 5.95. The highest BCUT2D eigenvalue weighted by Gasteiger charge is 2.03. The first-order valence-electron chi connectivity index (χ1n) is 6.54. The molecule has 108 valence electrons. The van der Waals surface area contributed by atoms with Crippen LogP contribution in [0.2, 0.25) is 0 Å². The van der Waals surface area contributed by atoms with Crippen LogP contribution in [0.15, 0.2) is 53.6 Å². The summed E-state index contributed by atoms with van der Waals surface area (Å²) in [5.41, 5.74) is 3.72. The number of ether oxygens (including phenoxy) is 1. The van der Waals surface area contributed by atoms with E-state index in [0.29, 0.717) is 12.2 Å². The third kappa shape index (κ3) is 4.35. The van der Waals surface area contributed by atoms with Crippen molar-refractivity contribution in [3.8, 4) is 11.5 Å². The van der Waals surface area contributed by atoms with Crippen LogP contribution in [0, 0.1) is 0 Å². The molecule has 5 heteroatoms. The van der Waals surface area contributed by atoms with Crippen molar-refractivity contribution >= 4 is 12.1 Å². The molecule has 0 aliphatic rings. The molecular formula is C16H16N2O3. The maximum absolute atomic E-state index is 11.9. The minimum Gasteiger partial charge on any atom is -0.508 e. The normalized spacial score (nSPS) is 10.5. The Kier molecular flexibility index (Phi) is 4.93. The van der Waals surface area contributed by atoms with Crippen LogP contribution in [0.5, 0.6) is 11.5 Å². The molecule has 0 aliphatic heterocycles. The van der Waals surface area contributed by atoms with Crippen LogP contribution in [0.4, 0.5) is 0 Å². The van der Waals surface area contributed by atoms with Gasteiger partial charge in [-0.1, -0.05) is 0 Å². The van der Waals surface area contributed by atoms with Gasteiger partial charge in [0.1, 0.15) is 11.5 Å². The van der Waals surface area contributed by atoms with Crippen LogP contribution < -0.4 is 10.2 Å². The van der Waals surface area contributed by atoms with Crippen molar-refractivity contribution in [3.63, 3.8) is 0 Å². The topological polar surface area (TPSA) is 70.9 Å². The summed E-state index contributed by atoms with van der Waals surface area (Å²) in [7, 11) is 0. The number of rotatable bonds is 5. The molecular weight excluding hydrogens is 268 g/mol. The number of amides is 1. The first-order chi connectivity index (χ1) is 10.2. The Morgan fingerprint density at radius 3 is 2.48 bits per heavy atom. The Balaban J connectivity index is 1.93. The fourth-order valence-corrected chi connectivity index (χ4v) is 1.66. The molecule has 0 aromatic heterocycles. The Morgan fingerprint density at radius 1 is 1.19 bits per heavy atom. The molecule has 1 amide bonds. The van der Waals surface area contributed by atoms with E-state index in [1.54, 1.807) is 48.5 Å². The summed E-state index contributed by atoms with van der Waals surface area (Å²) in [4.78, 5) is 11.9. The molecule has 0 saturated carbocycles. The Bertz CT molecular complexity index is 619. The fourth-order valence-electron chi connectivity index (χ4n) is 1.66. The zero-order valence-electron chi connectivity index (χ0n) is 11.6. The largest absolute Gasteiger partial charge is 0.508 e. The molecule has 0 fully saturated rings. The van der Waals surface area contributed by atoms with Gasteiger partial charge in [-0.15, -0.1) is 0 Å². The summed E-state index contributed by atoms with van der Waals surface area (Å²) in [6.07, 6.45) is 1.51. The van der Waals surface area contributed by atoms with E-state index in [1.807, 2.05) is 6.92 Å². The molecule has 0 heterocycles. The number of hydrogen-bond donors (Lipinski definition) is 2. The highest BCUT2D eigenvalue weighted by Crippen LogP contribution is 2.12. The summed E-state index contributed by atoms with van der Waals surface area (Å²) in [5.74, 6) is 0.611. The Hall–Kier alpha value is -2.82. The number of benzene rings is 2. The van der Waals surface area contributed by atoms with Gasteiger partial charge in [-0.25, -0.2) is 5.43 Å². The van der Waals surface area contributed by atoms with E-state index in [2.05, 4.69) is 10.5 Å². The van der Waals surface area contributed by atoms with Gasteiger partial charge >= 0.3 is 0 Å². The van der Waals surface area contributed by atoms with Gasteiger partial charge in [0.25, 0.3) is 5.91 Å². The lowest BCUT2D eigenvalue weighted by molar-refractivity contribution is 0.0955. The average molecular weight is 284 g/mol. The first kappa shape index (κ1) is 14.6. The van der Waals surface area contributed by atoms with Crippen molar-refractivity contribution in [1.29, 1.82) is 0 Å². The number of carbonyl (C=O) groups is 1. The minimum atomic E-state index is -0.298. The van der Waals surface area contributed by atoms with Crippen LogP contribution in [0.1, 0.15) is 22.8 Å². The van der Waals surface area contributed by atoms with E-state index in [1.165, 1.54) is 6.21 Å². The SMILES string of the molecule is CCOc1ccc(C(=O)N/N=C\c2ccc(O)cc2)cc1. The molecule has 0 radical (unpaired) electrons. The third-order valence-corrected chi connectivity index (χ3v) is 2.70. The van der Waals surface area contributed by atoms with E-state index in [4.69, 9.17) is 9.84 Å². The van der Waals surface area contributed by atoms with Gasteiger partial charge in [-0.2, -0.15) is 5.10 Å². The summed E-state index contributed by atoms with van der Waals surface area (Å²) in [6, 6.07) is 13.3. The number of hydrogen-bond acceptors (Lipinski definition) is 4. The molecule has 0 saturated heterocycles. The quantitative estimate of drug-likeness (QED) is 0.654.